The van der Waals surface area contributed by atoms with Gasteiger partial charge in [0.05, 0.1) is 7.11 Å². The zero-order valence-corrected chi connectivity index (χ0v) is 13.4. The van der Waals surface area contributed by atoms with E-state index in [1.807, 2.05) is 0 Å². The number of halogens is 1. The lowest BCUT2D eigenvalue weighted by atomic mass is 10.0. The number of piperazine rings is 1. The molecule has 1 aliphatic rings. The molecular weight excluding hydrogens is 329 g/mol. The summed E-state index contributed by atoms with van der Waals surface area (Å²) in [6.45, 7) is 0.511. The number of hydrogen-bond acceptors (Lipinski definition) is 4. The number of benzene rings is 1. The number of ether oxygens (including phenoxy) is 1. The van der Waals surface area contributed by atoms with E-state index in [0.29, 0.717) is 5.56 Å². The first-order valence-electron chi connectivity index (χ1n) is 7.62. The molecule has 2 N–H and O–H groups in total. The number of aromatic amines is 1. The number of rotatable bonds is 3. The Morgan fingerprint density at radius 2 is 2.12 bits per heavy atom. The van der Waals surface area contributed by atoms with E-state index in [1.54, 1.807) is 6.07 Å². The number of H-pyrrole nitrogens is 1. The predicted molar refractivity (Wildman–Crippen MR) is 86.8 cm³/mol. The normalized spacial score (nSPS) is 17.1. The average molecular weight is 345 g/mol. The number of carbonyl (C=O) groups is 2. The summed E-state index contributed by atoms with van der Waals surface area (Å²) in [6.07, 6.45) is 1.29. The fourth-order valence-electron chi connectivity index (χ4n) is 2.79. The van der Waals surface area contributed by atoms with Crippen LogP contribution >= 0.6 is 0 Å². The summed E-state index contributed by atoms with van der Waals surface area (Å²) in [5.41, 5.74) is -0.0586. The van der Waals surface area contributed by atoms with E-state index in [2.05, 4.69) is 10.3 Å². The van der Waals surface area contributed by atoms with Gasteiger partial charge in [0.1, 0.15) is 17.6 Å². The van der Waals surface area contributed by atoms with E-state index in [1.165, 1.54) is 36.4 Å². The minimum atomic E-state index is -0.970. The lowest BCUT2D eigenvalue weighted by Gasteiger charge is -2.35. The molecule has 0 bridgehead atoms. The number of nitrogens with one attached hydrogen (secondary N) is 2. The first kappa shape index (κ1) is 16.7. The molecule has 0 saturated carbocycles. The van der Waals surface area contributed by atoms with Crippen LogP contribution in [-0.2, 0) is 4.79 Å². The van der Waals surface area contributed by atoms with E-state index in [-0.39, 0.29) is 24.5 Å². The van der Waals surface area contributed by atoms with Crippen molar-refractivity contribution in [3.63, 3.8) is 0 Å². The number of aromatic nitrogens is 1. The molecule has 2 aromatic rings. The van der Waals surface area contributed by atoms with Crippen molar-refractivity contribution in [1.82, 2.24) is 15.2 Å². The van der Waals surface area contributed by atoms with Crippen LogP contribution in [0.15, 0.2) is 41.3 Å². The number of nitrogens with zero attached hydrogens (tertiary/aromatic N) is 1. The van der Waals surface area contributed by atoms with Crippen molar-refractivity contribution in [2.24, 2.45) is 0 Å². The van der Waals surface area contributed by atoms with Gasteiger partial charge >= 0.3 is 0 Å². The van der Waals surface area contributed by atoms with Gasteiger partial charge in [0, 0.05) is 25.4 Å². The fraction of sp³-hybridized carbons (Fsp3) is 0.235. The molecule has 1 aromatic carbocycles. The van der Waals surface area contributed by atoms with Crippen LogP contribution < -0.4 is 15.5 Å². The van der Waals surface area contributed by atoms with E-state index >= 15 is 0 Å². The van der Waals surface area contributed by atoms with E-state index in [9.17, 15) is 18.8 Å². The number of methoxy groups -OCH3 is 1. The Bertz CT molecular complexity index is 880. The molecule has 0 aliphatic carbocycles. The summed E-state index contributed by atoms with van der Waals surface area (Å²) >= 11 is 0. The molecule has 2 heterocycles. The van der Waals surface area contributed by atoms with Crippen LogP contribution in [0.1, 0.15) is 22.1 Å². The van der Waals surface area contributed by atoms with Crippen molar-refractivity contribution >= 4 is 11.8 Å². The Kier molecular flexibility index (Phi) is 4.51. The van der Waals surface area contributed by atoms with Crippen LogP contribution in [0.2, 0.25) is 0 Å². The van der Waals surface area contributed by atoms with Crippen LogP contribution in [0.5, 0.6) is 5.75 Å². The first-order valence-corrected chi connectivity index (χ1v) is 7.62. The fourth-order valence-corrected chi connectivity index (χ4v) is 2.79. The average Bonchev–Trinajstić information content (AvgIpc) is 2.60. The summed E-state index contributed by atoms with van der Waals surface area (Å²) in [7, 11) is 1.35. The highest BCUT2D eigenvalue weighted by Crippen LogP contribution is 2.25. The molecule has 1 aliphatic heterocycles. The van der Waals surface area contributed by atoms with Crippen LogP contribution in [0.25, 0.3) is 0 Å². The van der Waals surface area contributed by atoms with Gasteiger partial charge in [-0.25, -0.2) is 4.39 Å². The van der Waals surface area contributed by atoms with Crippen molar-refractivity contribution < 1.29 is 18.7 Å². The Balaban J connectivity index is 1.97. The molecular formula is C17H16FN3O4. The minimum absolute atomic E-state index is 0.0295. The predicted octanol–water partition coefficient (Wildman–Crippen LogP) is 0.836. The van der Waals surface area contributed by atoms with Gasteiger partial charge in [-0.3, -0.25) is 14.4 Å². The molecule has 7 nitrogen and oxygen atoms in total. The maximum Gasteiger partial charge on any atom is 0.271 e. The molecule has 0 spiro atoms. The largest absolute Gasteiger partial charge is 0.491 e. The second-order valence-corrected chi connectivity index (χ2v) is 5.53. The summed E-state index contributed by atoms with van der Waals surface area (Å²) in [5.74, 6) is -1.35. The van der Waals surface area contributed by atoms with Crippen molar-refractivity contribution in [3.8, 4) is 5.75 Å². The molecule has 1 atom stereocenters. The van der Waals surface area contributed by atoms with Crippen molar-refractivity contribution in [3.05, 3.63) is 63.8 Å². The third-order valence-electron chi connectivity index (χ3n) is 3.96. The first-order chi connectivity index (χ1) is 12.0. The van der Waals surface area contributed by atoms with Gasteiger partial charge < -0.3 is 19.9 Å². The summed E-state index contributed by atoms with van der Waals surface area (Å²) < 4.78 is 18.4. The molecule has 25 heavy (non-hydrogen) atoms. The van der Waals surface area contributed by atoms with Gasteiger partial charge in [-0.15, -0.1) is 0 Å². The number of carbonyl (C=O) groups excluding carboxylic acids is 2. The molecule has 0 radical (unpaired) electrons. The number of amides is 2. The van der Waals surface area contributed by atoms with Crippen molar-refractivity contribution in [2.75, 3.05) is 20.2 Å². The summed E-state index contributed by atoms with van der Waals surface area (Å²) in [4.78, 5) is 41.0. The van der Waals surface area contributed by atoms with Gasteiger partial charge in [-0.1, -0.05) is 12.1 Å². The SMILES string of the molecule is COc1c[nH]c(C(=O)N2CCNC(=O)[C@H]2c2cccc(F)c2)cc1=O. The highest BCUT2D eigenvalue weighted by atomic mass is 19.1. The van der Waals surface area contributed by atoms with Gasteiger partial charge in [0.2, 0.25) is 11.3 Å². The second kappa shape index (κ2) is 6.76. The molecule has 1 fully saturated rings. The topological polar surface area (TPSA) is 91.5 Å². The van der Waals surface area contributed by atoms with Gasteiger partial charge in [0.15, 0.2) is 5.75 Å². The Hall–Kier alpha value is -3.16. The molecule has 8 heteroatoms. The highest BCUT2D eigenvalue weighted by molar-refractivity contribution is 5.97. The monoisotopic (exact) mass is 345 g/mol. The molecule has 1 aromatic heterocycles. The van der Waals surface area contributed by atoms with E-state index in [0.717, 1.165) is 6.07 Å². The van der Waals surface area contributed by atoms with Crippen LogP contribution in [-0.4, -0.2) is 41.9 Å². The molecule has 3 rings (SSSR count). The minimum Gasteiger partial charge on any atom is -0.491 e. The summed E-state index contributed by atoms with van der Waals surface area (Å²) in [6, 6.07) is 5.68. The lowest BCUT2D eigenvalue weighted by molar-refractivity contribution is -0.128. The van der Waals surface area contributed by atoms with Gasteiger partial charge in [-0.05, 0) is 17.7 Å². The smallest absolute Gasteiger partial charge is 0.271 e. The van der Waals surface area contributed by atoms with Crippen LogP contribution in [0.3, 0.4) is 0 Å². The third-order valence-corrected chi connectivity index (χ3v) is 3.96. The zero-order chi connectivity index (χ0) is 18.0. The van der Waals surface area contributed by atoms with E-state index < -0.39 is 29.1 Å². The maximum atomic E-state index is 13.5. The second-order valence-electron chi connectivity index (χ2n) is 5.53. The number of hydrogen-bond donors (Lipinski definition) is 2. The molecule has 0 unspecified atom stereocenters. The standard InChI is InChI=1S/C17H16FN3O4/c1-25-14-9-20-12(8-13(14)22)17(24)21-6-5-19-16(23)15(21)10-3-2-4-11(18)7-10/h2-4,7-9,15H,5-6H2,1H3,(H,19,23)(H,20,22)/t15-/m1/s1. The zero-order valence-electron chi connectivity index (χ0n) is 13.4. The number of pyridine rings is 1. The van der Waals surface area contributed by atoms with Gasteiger partial charge in [-0.2, -0.15) is 0 Å². The highest BCUT2D eigenvalue weighted by Gasteiger charge is 2.35. The van der Waals surface area contributed by atoms with Gasteiger partial charge in [0.25, 0.3) is 5.91 Å². The van der Waals surface area contributed by atoms with Crippen molar-refractivity contribution in [1.29, 1.82) is 0 Å². The van der Waals surface area contributed by atoms with Crippen LogP contribution in [0.4, 0.5) is 4.39 Å². The quantitative estimate of drug-likeness (QED) is 0.862. The van der Waals surface area contributed by atoms with Crippen molar-refractivity contribution in [2.45, 2.75) is 6.04 Å². The molecule has 130 valence electrons. The lowest BCUT2D eigenvalue weighted by Crippen LogP contribution is -2.52. The Morgan fingerprint density at radius 1 is 1.32 bits per heavy atom. The van der Waals surface area contributed by atoms with Crippen LogP contribution in [0, 0.1) is 5.82 Å². The Labute approximate surface area is 142 Å². The molecule has 2 amide bonds. The Morgan fingerprint density at radius 3 is 2.80 bits per heavy atom. The maximum absolute atomic E-state index is 13.5. The summed E-state index contributed by atoms with van der Waals surface area (Å²) in [5, 5.41) is 2.67. The van der Waals surface area contributed by atoms with E-state index in [4.69, 9.17) is 4.74 Å². The third kappa shape index (κ3) is 3.23. The molecule has 1 saturated heterocycles.